The van der Waals surface area contributed by atoms with Gasteiger partial charge < -0.3 is 10.6 Å². The topological polar surface area (TPSA) is 63.4 Å². The molecule has 1 saturated heterocycles. The van der Waals surface area contributed by atoms with Crippen LogP contribution in [0.4, 0.5) is 0 Å². The summed E-state index contributed by atoms with van der Waals surface area (Å²) < 4.78 is 0. The van der Waals surface area contributed by atoms with E-state index in [9.17, 15) is 9.59 Å². The summed E-state index contributed by atoms with van der Waals surface area (Å²) in [5.74, 6) is 0.349. The van der Waals surface area contributed by atoms with Crippen LogP contribution in [-0.4, -0.2) is 35.1 Å². The van der Waals surface area contributed by atoms with Crippen LogP contribution in [0.5, 0.6) is 0 Å². The van der Waals surface area contributed by atoms with E-state index in [-0.39, 0.29) is 17.9 Å². The number of amides is 2. The van der Waals surface area contributed by atoms with E-state index < -0.39 is 0 Å². The standard InChI is InChI=1S/C10H18N2O2S/c11-10(14)8-4-1-2-6-12(8)9(13)5-3-7-15/h8,15H,1-7H2,(H2,11,14)/t8-/m0/s1. The Balaban J connectivity index is 2.55. The lowest BCUT2D eigenvalue weighted by atomic mass is 10.0. The van der Waals surface area contributed by atoms with E-state index in [1.165, 1.54) is 0 Å². The second-order valence-corrected chi connectivity index (χ2v) is 4.28. The minimum atomic E-state index is -0.383. The van der Waals surface area contributed by atoms with E-state index >= 15 is 0 Å². The van der Waals surface area contributed by atoms with Crippen molar-refractivity contribution in [3.8, 4) is 0 Å². The molecular weight excluding hydrogens is 212 g/mol. The van der Waals surface area contributed by atoms with E-state index in [0.29, 0.717) is 25.1 Å². The molecule has 1 rings (SSSR count). The maximum absolute atomic E-state index is 11.8. The van der Waals surface area contributed by atoms with Gasteiger partial charge in [0.25, 0.3) is 0 Å². The number of nitrogens with zero attached hydrogens (tertiary/aromatic N) is 1. The maximum Gasteiger partial charge on any atom is 0.240 e. The minimum Gasteiger partial charge on any atom is -0.368 e. The Hall–Kier alpha value is -0.710. The molecule has 0 bridgehead atoms. The van der Waals surface area contributed by atoms with E-state index in [0.717, 1.165) is 19.3 Å². The first kappa shape index (κ1) is 12.4. The van der Waals surface area contributed by atoms with Gasteiger partial charge in [0.15, 0.2) is 0 Å². The van der Waals surface area contributed by atoms with E-state index in [4.69, 9.17) is 5.73 Å². The average Bonchev–Trinajstić information content (AvgIpc) is 2.25. The summed E-state index contributed by atoms with van der Waals surface area (Å²) in [7, 11) is 0. The molecule has 86 valence electrons. The number of carbonyl (C=O) groups is 2. The van der Waals surface area contributed by atoms with E-state index in [1.807, 2.05) is 0 Å². The third-order valence-electron chi connectivity index (χ3n) is 2.70. The van der Waals surface area contributed by atoms with Gasteiger partial charge in [-0.15, -0.1) is 0 Å². The molecule has 1 aliphatic rings. The number of primary amides is 1. The molecule has 0 saturated carbocycles. The van der Waals surface area contributed by atoms with Gasteiger partial charge in [-0.1, -0.05) is 0 Å². The third kappa shape index (κ3) is 3.41. The molecule has 1 fully saturated rings. The van der Waals surface area contributed by atoms with Crippen LogP contribution in [0, 0.1) is 0 Å². The van der Waals surface area contributed by atoms with Gasteiger partial charge in [0.2, 0.25) is 11.8 Å². The fraction of sp³-hybridized carbons (Fsp3) is 0.800. The van der Waals surface area contributed by atoms with Gasteiger partial charge in [0, 0.05) is 13.0 Å². The lowest BCUT2D eigenvalue weighted by molar-refractivity contribution is -0.141. The summed E-state index contributed by atoms with van der Waals surface area (Å²) >= 11 is 4.06. The Morgan fingerprint density at radius 3 is 2.73 bits per heavy atom. The summed E-state index contributed by atoms with van der Waals surface area (Å²) in [5, 5.41) is 0. The molecular formula is C10H18N2O2S. The average molecular weight is 230 g/mol. The highest BCUT2D eigenvalue weighted by Crippen LogP contribution is 2.18. The Morgan fingerprint density at radius 1 is 1.40 bits per heavy atom. The fourth-order valence-electron chi connectivity index (χ4n) is 1.90. The Kier molecular flexibility index (Phi) is 4.94. The Labute approximate surface area is 95.6 Å². The molecule has 0 unspecified atom stereocenters. The molecule has 2 amide bonds. The number of nitrogens with two attached hydrogens (primary N) is 1. The first-order valence-electron chi connectivity index (χ1n) is 5.36. The number of hydrogen-bond acceptors (Lipinski definition) is 3. The van der Waals surface area contributed by atoms with E-state index in [1.54, 1.807) is 4.90 Å². The summed E-state index contributed by atoms with van der Waals surface area (Å²) in [5.41, 5.74) is 5.28. The number of carbonyl (C=O) groups excluding carboxylic acids is 2. The second kappa shape index (κ2) is 6.00. The van der Waals surface area contributed by atoms with Crippen molar-refractivity contribution in [2.24, 2.45) is 5.73 Å². The SMILES string of the molecule is NC(=O)[C@@H]1CCCCN1C(=O)CCCS. The molecule has 2 N–H and O–H groups in total. The van der Waals surface area contributed by atoms with Gasteiger partial charge in [-0.2, -0.15) is 12.6 Å². The Bertz CT molecular complexity index is 246. The molecule has 0 aromatic heterocycles. The van der Waals surface area contributed by atoms with Crippen LogP contribution in [-0.2, 0) is 9.59 Å². The van der Waals surface area contributed by atoms with Crippen molar-refractivity contribution in [2.75, 3.05) is 12.3 Å². The van der Waals surface area contributed by atoms with Crippen molar-refractivity contribution in [1.29, 1.82) is 0 Å². The summed E-state index contributed by atoms with van der Waals surface area (Å²) in [4.78, 5) is 24.5. The van der Waals surface area contributed by atoms with Crippen LogP contribution in [0.25, 0.3) is 0 Å². The van der Waals surface area contributed by atoms with E-state index in [2.05, 4.69) is 12.6 Å². The number of piperidine rings is 1. The first-order valence-corrected chi connectivity index (χ1v) is 5.99. The molecule has 1 atom stereocenters. The van der Waals surface area contributed by atoms with Crippen LogP contribution in [0.2, 0.25) is 0 Å². The van der Waals surface area contributed by atoms with Crippen molar-refractivity contribution in [3.05, 3.63) is 0 Å². The van der Waals surface area contributed by atoms with Crippen LogP contribution in [0.1, 0.15) is 32.1 Å². The highest BCUT2D eigenvalue weighted by molar-refractivity contribution is 7.80. The Morgan fingerprint density at radius 2 is 2.13 bits per heavy atom. The normalized spacial score (nSPS) is 21.4. The van der Waals surface area contributed by atoms with Crippen LogP contribution in [0.15, 0.2) is 0 Å². The lowest BCUT2D eigenvalue weighted by Crippen LogP contribution is -2.50. The van der Waals surface area contributed by atoms with Gasteiger partial charge in [-0.25, -0.2) is 0 Å². The third-order valence-corrected chi connectivity index (χ3v) is 3.02. The first-order chi connectivity index (χ1) is 7.16. The lowest BCUT2D eigenvalue weighted by Gasteiger charge is -2.33. The quantitative estimate of drug-likeness (QED) is 0.693. The minimum absolute atomic E-state index is 0.0348. The molecule has 5 heteroatoms. The molecule has 0 aromatic rings. The monoisotopic (exact) mass is 230 g/mol. The molecule has 0 radical (unpaired) electrons. The predicted molar refractivity (Wildman–Crippen MR) is 61.6 cm³/mol. The van der Waals surface area contributed by atoms with Gasteiger partial charge in [-0.3, -0.25) is 9.59 Å². The molecule has 0 aromatic carbocycles. The highest BCUT2D eigenvalue weighted by Gasteiger charge is 2.29. The molecule has 0 aliphatic carbocycles. The van der Waals surface area contributed by atoms with Crippen molar-refractivity contribution < 1.29 is 9.59 Å². The molecule has 0 spiro atoms. The number of thiol groups is 1. The maximum atomic E-state index is 11.8. The summed E-state index contributed by atoms with van der Waals surface area (Å²) in [6.45, 7) is 0.666. The van der Waals surface area contributed by atoms with Gasteiger partial charge >= 0.3 is 0 Å². The fourth-order valence-corrected chi connectivity index (χ4v) is 2.06. The summed E-state index contributed by atoms with van der Waals surface area (Å²) in [6, 6.07) is -0.383. The summed E-state index contributed by atoms with van der Waals surface area (Å²) in [6.07, 6.45) is 3.87. The van der Waals surface area contributed by atoms with Gasteiger partial charge in [-0.05, 0) is 31.4 Å². The zero-order chi connectivity index (χ0) is 11.3. The van der Waals surface area contributed by atoms with Crippen molar-refractivity contribution in [1.82, 2.24) is 4.90 Å². The number of likely N-dealkylation sites (tertiary alicyclic amines) is 1. The second-order valence-electron chi connectivity index (χ2n) is 3.83. The number of rotatable bonds is 4. The predicted octanol–water partition coefficient (Wildman–Crippen LogP) is 0.563. The molecule has 1 heterocycles. The van der Waals surface area contributed by atoms with Crippen LogP contribution >= 0.6 is 12.6 Å². The van der Waals surface area contributed by atoms with Crippen LogP contribution < -0.4 is 5.73 Å². The van der Waals surface area contributed by atoms with Crippen molar-refractivity contribution in [3.63, 3.8) is 0 Å². The zero-order valence-corrected chi connectivity index (χ0v) is 9.71. The molecule has 4 nitrogen and oxygen atoms in total. The van der Waals surface area contributed by atoms with Gasteiger partial charge in [0.05, 0.1) is 0 Å². The molecule has 1 aliphatic heterocycles. The van der Waals surface area contributed by atoms with Crippen molar-refractivity contribution >= 4 is 24.4 Å². The van der Waals surface area contributed by atoms with Crippen molar-refractivity contribution in [2.45, 2.75) is 38.1 Å². The zero-order valence-electron chi connectivity index (χ0n) is 8.82. The molecule has 15 heavy (non-hydrogen) atoms. The van der Waals surface area contributed by atoms with Crippen LogP contribution in [0.3, 0.4) is 0 Å². The largest absolute Gasteiger partial charge is 0.368 e. The smallest absolute Gasteiger partial charge is 0.240 e. The van der Waals surface area contributed by atoms with Gasteiger partial charge in [0.1, 0.15) is 6.04 Å². The highest BCUT2D eigenvalue weighted by atomic mass is 32.1. The number of hydrogen-bond donors (Lipinski definition) is 2.